The Balaban J connectivity index is 2.78. The summed E-state index contributed by atoms with van der Waals surface area (Å²) in [6.45, 7) is 8.76. The Morgan fingerprint density at radius 3 is 2.56 bits per heavy atom. The summed E-state index contributed by atoms with van der Waals surface area (Å²) >= 11 is 3.57. The molecule has 16 heavy (non-hydrogen) atoms. The first-order valence-electron chi connectivity index (χ1n) is 5.86. The number of benzene rings is 1. The average Bonchev–Trinajstić information content (AvgIpc) is 2.27. The van der Waals surface area contributed by atoms with Crippen LogP contribution in [0, 0.1) is 0 Å². The van der Waals surface area contributed by atoms with E-state index in [1.807, 2.05) is 12.1 Å². The van der Waals surface area contributed by atoms with Gasteiger partial charge in [-0.2, -0.15) is 0 Å². The van der Waals surface area contributed by atoms with Crippen molar-refractivity contribution in [1.82, 2.24) is 4.90 Å². The number of nitrogens with two attached hydrogens (primary N) is 1. The van der Waals surface area contributed by atoms with Crippen LogP contribution in [0.4, 0.5) is 5.69 Å². The molecule has 0 spiro atoms. The quantitative estimate of drug-likeness (QED) is 0.837. The van der Waals surface area contributed by atoms with Gasteiger partial charge in [0.1, 0.15) is 0 Å². The number of anilines is 1. The van der Waals surface area contributed by atoms with E-state index in [1.165, 1.54) is 12.0 Å². The van der Waals surface area contributed by atoms with Crippen LogP contribution in [0.25, 0.3) is 0 Å². The van der Waals surface area contributed by atoms with Crippen molar-refractivity contribution in [2.45, 2.75) is 39.8 Å². The summed E-state index contributed by atoms with van der Waals surface area (Å²) in [5.41, 5.74) is 7.84. The van der Waals surface area contributed by atoms with Gasteiger partial charge in [-0.25, -0.2) is 0 Å². The average molecular weight is 285 g/mol. The number of nitrogen functional groups attached to an aromatic ring is 1. The maximum absolute atomic E-state index is 5.73. The second-order valence-electron chi connectivity index (χ2n) is 4.17. The van der Waals surface area contributed by atoms with Crippen LogP contribution < -0.4 is 5.73 Å². The van der Waals surface area contributed by atoms with E-state index in [1.54, 1.807) is 0 Å². The van der Waals surface area contributed by atoms with Crippen LogP contribution >= 0.6 is 15.9 Å². The molecular formula is C13H21BrN2. The van der Waals surface area contributed by atoms with Gasteiger partial charge < -0.3 is 5.73 Å². The Labute approximate surface area is 107 Å². The van der Waals surface area contributed by atoms with E-state index in [2.05, 4.69) is 47.7 Å². The van der Waals surface area contributed by atoms with Crippen LogP contribution in [0.3, 0.4) is 0 Å². The fourth-order valence-electron chi connectivity index (χ4n) is 1.75. The lowest BCUT2D eigenvalue weighted by atomic mass is 10.1. The van der Waals surface area contributed by atoms with Crippen molar-refractivity contribution in [2.75, 3.05) is 12.3 Å². The van der Waals surface area contributed by atoms with E-state index in [4.69, 9.17) is 5.73 Å². The number of rotatable bonds is 5. The first-order chi connectivity index (χ1) is 7.58. The minimum absolute atomic E-state index is 0.620. The summed E-state index contributed by atoms with van der Waals surface area (Å²) < 4.78 is 1.11. The predicted molar refractivity (Wildman–Crippen MR) is 74.4 cm³/mol. The first kappa shape index (κ1) is 13.5. The largest absolute Gasteiger partial charge is 0.399 e. The molecule has 90 valence electrons. The van der Waals surface area contributed by atoms with Gasteiger partial charge in [-0.05, 0) is 37.6 Å². The highest BCUT2D eigenvalue weighted by Crippen LogP contribution is 2.22. The molecule has 0 saturated carbocycles. The second kappa shape index (κ2) is 6.26. The van der Waals surface area contributed by atoms with Crippen LogP contribution in [-0.2, 0) is 6.54 Å². The monoisotopic (exact) mass is 284 g/mol. The molecule has 0 heterocycles. The van der Waals surface area contributed by atoms with Crippen molar-refractivity contribution < 1.29 is 0 Å². The molecule has 0 aliphatic rings. The van der Waals surface area contributed by atoms with Crippen LogP contribution in [-0.4, -0.2) is 17.5 Å². The van der Waals surface area contributed by atoms with E-state index in [0.29, 0.717) is 6.04 Å². The van der Waals surface area contributed by atoms with Crippen molar-refractivity contribution in [3.63, 3.8) is 0 Å². The van der Waals surface area contributed by atoms with Gasteiger partial charge in [-0.3, -0.25) is 4.90 Å². The van der Waals surface area contributed by atoms with Gasteiger partial charge in [0.15, 0.2) is 0 Å². The van der Waals surface area contributed by atoms with Crippen molar-refractivity contribution in [3.05, 3.63) is 28.2 Å². The second-order valence-corrected chi connectivity index (χ2v) is 5.03. The molecule has 0 saturated heterocycles. The van der Waals surface area contributed by atoms with E-state index in [0.717, 1.165) is 23.2 Å². The zero-order valence-electron chi connectivity index (χ0n) is 10.3. The Morgan fingerprint density at radius 2 is 2.06 bits per heavy atom. The van der Waals surface area contributed by atoms with Gasteiger partial charge in [0.25, 0.3) is 0 Å². The van der Waals surface area contributed by atoms with Gasteiger partial charge in [-0.1, -0.05) is 35.8 Å². The standard InChI is InChI=1S/C13H21BrN2/c1-4-10(3)16(5-2)9-11-6-7-12(15)8-13(11)14/h6-8,10H,4-5,9,15H2,1-3H3. The summed E-state index contributed by atoms with van der Waals surface area (Å²) in [6.07, 6.45) is 1.18. The van der Waals surface area contributed by atoms with Crippen LogP contribution in [0.15, 0.2) is 22.7 Å². The minimum Gasteiger partial charge on any atom is -0.399 e. The lowest BCUT2D eigenvalue weighted by Crippen LogP contribution is -2.31. The minimum atomic E-state index is 0.620. The maximum atomic E-state index is 5.73. The Hall–Kier alpha value is -0.540. The highest BCUT2D eigenvalue weighted by atomic mass is 79.9. The third-order valence-electron chi connectivity index (χ3n) is 3.07. The van der Waals surface area contributed by atoms with E-state index >= 15 is 0 Å². The normalized spacial score (nSPS) is 13.1. The summed E-state index contributed by atoms with van der Waals surface area (Å²) in [6, 6.07) is 6.66. The molecule has 2 N–H and O–H groups in total. The smallest absolute Gasteiger partial charge is 0.0325 e. The first-order valence-corrected chi connectivity index (χ1v) is 6.65. The van der Waals surface area contributed by atoms with Crippen LogP contribution in [0.5, 0.6) is 0 Å². The van der Waals surface area contributed by atoms with E-state index < -0.39 is 0 Å². The lowest BCUT2D eigenvalue weighted by molar-refractivity contribution is 0.205. The molecule has 0 aliphatic carbocycles. The molecule has 0 amide bonds. The topological polar surface area (TPSA) is 29.3 Å². The van der Waals surface area contributed by atoms with Crippen molar-refractivity contribution >= 4 is 21.6 Å². The highest BCUT2D eigenvalue weighted by molar-refractivity contribution is 9.10. The molecule has 2 nitrogen and oxygen atoms in total. The summed E-state index contributed by atoms with van der Waals surface area (Å²) in [7, 11) is 0. The Bertz CT molecular complexity index is 339. The molecule has 1 aromatic carbocycles. The summed E-state index contributed by atoms with van der Waals surface area (Å²) in [5, 5.41) is 0. The van der Waals surface area contributed by atoms with Gasteiger partial charge in [0.2, 0.25) is 0 Å². The molecule has 0 fully saturated rings. The molecule has 1 atom stereocenters. The molecular weight excluding hydrogens is 264 g/mol. The molecule has 1 rings (SSSR count). The fourth-order valence-corrected chi connectivity index (χ4v) is 2.27. The van der Waals surface area contributed by atoms with Crippen molar-refractivity contribution in [3.8, 4) is 0 Å². The summed E-state index contributed by atoms with van der Waals surface area (Å²) in [4.78, 5) is 2.47. The van der Waals surface area contributed by atoms with Gasteiger partial charge >= 0.3 is 0 Å². The summed E-state index contributed by atoms with van der Waals surface area (Å²) in [5.74, 6) is 0. The van der Waals surface area contributed by atoms with E-state index in [9.17, 15) is 0 Å². The molecule has 0 radical (unpaired) electrons. The van der Waals surface area contributed by atoms with Crippen LogP contribution in [0.2, 0.25) is 0 Å². The Kier molecular flexibility index (Phi) is 5.29. The van der Waals surface area contributed by atoms with Gasteiger partial charge in [0, 0.05) is 22.7 Å². The molecule has 0 aromatic heterocycles. The zero-order valence-corrected chi connectivity index (χ0v) is 11.9. The molecule has 1 unspecified atom stereocenters. The number of halogens is 1. The number of nitrogens with zero attached hydrogens (tertiary/aromatic N) is 1. The van der Waals surface area contributed by atoms with Crippen molar-refractivity contribution in [2.24, 2.45) is 0 Å². The van der Waals surface area contributed by atoms with E-state index in [-0.39, 0.29) is 0 Å². The molecule has 1 aromatic rings. The molecule has 0 bridgehead atoms. The molecule has 3 heteroatoms. The van der Waals surface area contributed by atoms with Crippen LogP contribution in [0.1, 0.15) is 32.8 Å². The molecule has 0 aliphatic heterocycles. The SMILES string of the molecule is CCC(C)N(CC)Cc1ccc(N)cc1Br. The number of hydrogen-bond donors (Lipinski definition) is 1. The highest BCUT2D eigenvalue weighted by Gasteiger charge is 2.11. The zero-order chi connectivity index (χ0) is 12.1. The van der Waals surface area contributed by atoms with Gasteiger partial charge in [-0.15, -0.1) is 0 Å². The third kappa shape index (κ3) is 3.49. The number of hydrogen-bond acceptors (Lipinski definition) is 2. The lowest BCUT2D eigenvalue weighted by Gasteiger charge is -2.27. The van der Waals surface area contributed by atoms with Crippen molar-refractivity contribution in [1.29, 1.82) is 0 Å². The predicted octanol–water partition coefficient (Wildman–Crippen LogP) is 3.65. The maximum Gasteiger partial charge on any atom is 0.0325 e. The third-order valence-corrected chi connectivity index (χ3v) is 3.81. The Morgan fingerprint density at radius 1 is 1.38 bits per heavy atom. The fraction of sp³-hybridized carbons (Fsp3) is 0.538. The van der Waals surface area contributed by atoms with Gasteiger partial charge in [0.05, 0.1) is 0 Å².